The van der Waals surface area contributed by atoms with E-state index in [0.29, 0.717) is 30.4 Å². The molecule has 9 heteroatoms. The largest absolute Gasteiger partial charge is 0.368 e. The lowest BCUT2D eigenvalue weighted by molar-refractivity contribution is 0.0945. The van der Waals surface area contributed by atoms with Crippen molar-refractivity contribution in [2.75, 3.05) is 18.4 Å². The number of hydrogen-bond donors (Lipinski definition) is 2. The zero-order chi connectivity index (χ0) is 18.6. The van der Waals surface area contributed by atoms with Crippen molar-refractivity contribution in [1.29, 1.82) is 0 Å². The Hall–Kier alpha value is -3.23. The van der Waals surface area contributed by atoms with E-state index in [2.05, 4.69) is 30.9 Å². The number of aromatic nitrogens is 5. The number of carbonyl (C=O) groups excluding carboxylic acids is 1. The van der Waals surface area contributed by atoms with E-state index in [1.54, 1.807) is 4.68 Å². The average Bonchev–Trinajstić information content (AvgIpc) is 3.32. The van der Waals surface area contributed by atoms with E-state index in [1.165, 1.54) is 6.33 Å². The van der Waals surface area contributed by atoms with Gasteiger partial charge in [0.15, 0.2) is 11.5 Å². The molecular formula is C18H21N7O2. The Labute approximate surface area is 156 Å². The molecule has 27 heavy (non-hydrogen) atoms. The third-order valence-corrected chi connectivity index (χ3v) is 4.49. The molecule has 0 aliphatic heterocycles. The minimum atomic E-state index is -0.195. The molecule has 0 bridgehead atoms. The first-order valence-corrected chi connectivity index (χ1v) is 9.05. The molecule has 1 aliphatic carbocycles. The molecule has 0 saturated heterocycles. The van der Waals surface area contributed by atoms with Gasteiger partial charge in [-0.15, -0.1) is 0 Å². The Kier molecular flexibility index (Phi) is 4.82. The summed E-state index contributed by atoms with van der Waals surface area (Å²) in [6.07, 6.45) is 7.21. The van der Waals surface area contributed by atoms with Gasteiger partial charge in [0.25, 0.3) is 5.91 Å². The van der Waals surface area contributed by atoms with Gasteiger partial charge in [-0.1, -0.05) is 5.16 Å². The van der Waals surface area contributed by atoms with Crippen molar-refractivity contribution < 1.29 is 9.32 Å². The maximum absolute atomic E-state index is 12.3. The number of nitrogens with zero attached hydrogens (tertiary/aromatic N) is 5. The second kappa shape index (κ2) is 7.56. The first-order chi connectivity index (χ1) is 13.2. The van der Waals surface area contributed by atoms with Gasteiger partial charge in [0, 0.05) is 37.3 Å². The quantitative estimate of drug-likeness (QED) is 0.638. The van der Waals surface area contributed by atoms with Crippen LogP contribution in [0.4, 0.5) is 5.82 Å². The fourth-order valence-electron chi connectivity index (χ4n) is 3.13. The summed E-state index contributed by atoms with van der Waals surface area (Å²) in [5, 5.41) is 14.3. The highest BCUT2D eigenvalue weighted by Crippen LogP contribution is 2.23. The monoisotopic (exact) mass is 367 g/mol. The molecule has 0 spiro atoms. The van der Waals surface area contributed by atoms with E-state index in [-0.39, 0.29) is 5.91 Å². The third-order valence-electron chi connectivity index (χ3n) is 4.49. The molecule has 0 radical (unpaired) electrons. The Bertz CT molecular complexity index is 947. The van der Waals surface area contributed by atoms with Gasteiger partial charge in [-0.2, -0.15) is 5.10 Å². The highest BCUT2D eigenvalue weighted by atomic mass is 16.5. The minimum Gasteiger partial charge on any atom is -0.368 e. The predicted octanol–water partition coefficient (Wildman–Crippen LogP) is 1.68. The van der Waals surface area contributed by atoms with Crippen LogP contribution in [0.25, 0.3) is 5.82 Å². The van der Waals surface area contributed by atoms with E-state index in [4.69, 9.17) is 4.52 Å². The van der Waals surface area contributed by atoms with Crippen molar-refractivity contribution in [3.8, 4) is 5.82 Å². The molecule has 3 aromatic rings. The molecule has 2 N–H and O–H groups in total. The van der Waals surface area contributed by atoms with Crippen LogP contribution in [0.5, 0.6) is 0 Å². The van der Waals surface area contributed by atoms with E-state index in [9.17, 15) is 4.79 Å². The van der Waals surface area contributed by atoms with Crippen LogP contribution in [0.15, 0.2) is 29.2 Å². The van der Waals surface area contributed by atoms with Gasteiger partial charge in [0.05, 0.1) is 5.69 Å². The molecule has 1 amide bonds. The Balaban J connectivity index is 1.30. The molecule has 3 aromatic heterocycles. The summed E-state index contributed by atoms with van der Waals surface area (Å²) in [5.41, 5.74) is 2.30. The molecule has 9 nitrogen and oxygen atoms in total. The standard InChI is InChI=1S/C18H21N7O2/c1-12-6-9-25(23-12)16-10-15(21-11-22-16)19-7-8-20-18(26)17-13-4-2-3-5-14(13)27-24-17/h6,9-11H,2-5,7-8H2,1H3,(H,20,26)(H,19,21,22). The fourth-order valence-corrected chi connectivity index (χ4v) is 3.13. The molecule has 0 saturated carbocycles. The van der Waals surface area contributed by atoms with E-state index >= 15 is 0 Å². The molecule has 0 aromatic carbocycles. The van der Waals surface area contributed by atoms with E-state index < -0.39 is 0 Å². The summed E-state index contributed by atoms with van der Waals surface area (Å²) >= 11 is 0. The number of aryl methyl sites for hydroxylation is 2. The SMILES string of the molecule is Cc1ccn(-c2cc(NCCNC(=O)c3noc4c3CCCC4)ncn2)n1. The van der Waals surface area contributed by atoms with Crippen molar-refractivity contribution in [3.63, 3.8) is 0 Å². The number of rotatable bonds is 6. The topological polar surface area (TPSA) is 111 Å². The zero-order valence-electron chi connectivity index (χ0n) is 15.1. The number of carbonyl (C=O) groups is 1. The van der Waals surface area contributed by atoms with Crippen LogP contribution in [0.3, 0.4) is 0 Å². The van der Waals surface area contributed by atoms with Crippen molar-refractivity contribution in [1.82, 2.24) is 30.2 Å². The van der Waals surface area contributed by atoms with Gasteiger partial charge >= 0.3 is 0 Å². The van der Waals surface area contributed by atoms with Crippen molar-refractivity contribution in [3.05, 3.63) is 47.4 Å². The second-order valence-corrected chi connectivity index (χ2v) is 6.49. The Morgan fingerprint density at radius 2 is 2.15 bits per heavy atom. The second-order valence-electron chi connectivity index (χ2n) is 6.49. The third kappa shape index (κ3) is 3.81. The van der Waals surface area contributed by atoms with Gasteiger partial charge in [-0.3, -0.25) is 4.79 Å². The maximum atomic E-state index is 12.3. The number of anilines is 1. The highest BCUT2D eigenvalue weighted by Gasteiger charge is 2.23. The van der Waals surface area contributed by atoms with Crippen molar-refractivity contribution in [2.45, 2.75) is 32.6 Å². The molecule has 3 heterocycles. The number of hydrogen-bond acceptors (Lipinski definition) is 7. The molecule has 1 aliphatic rings. The summed E-state index contributed by atoms with van der Waals surface area (Å²) in [7, 11) is 0. The number of amides is 1. The molecule has 0 fully saturated rings. The van der Waals surface area contributed by atoms with Crippen LogP contribution in [0.1, 0.15) is 40.3 Å². The van der Waals surface area contributed by atoms with Crippen LogP contribution < -0.4 is 10.6 Å². The van der Waals surface area contributed by atoms with Gasteiger partial charge in [-0.05, 0) is 32.3 Å². The summed E-state index contributed by atoms with van der Waals surface area (Å²) in [5.74, 6) is 2.01. The summed E-state index contributed by atoms with van der Waals surface area (Å²) in [6.45, 7) is 2.90. The first kappa shape index (κ1) is 17.2. The van der Waals surface area contributed by atoms with Crippen LogP contribution in [0.2, 0.25) is 0 Å². The molecule has 0 atom stereocenters. The summed E-state index contributed by atoms with van der Waals surface area (Å²) < 4.78 is 6.98. The van der Waals surface area contributed by atoms with Gasteiger partial charge in [0.1, 0.15) is 17.9 Å². The fraction of sp³-hybridized carbons (Fsp3) is 0.389. The first-order valence-electron chi connectivity index (χ1n) is 9.05. The van der Waals surface area contributed by atoms with E-state index in [0.717, 1.165) is 42.7 Å². The predicted molar refractivity (Wildman–Crippen MR) is 97.9 cm³/mol. The minimum absolute atomic E-state index is 0.195. The van der Waals surface area contributed by atoms with Gasteiger partial charge < -0.3 is 15.2 Å². The zero-order valence-corrected chi connectivity index (χ0v) is 15.1. The van der Waals surface area contributed by atoms with Gasteiger partial charge in [-0.25, -0.2) is 14.6 Å². The van der Waals surface area contributed by atoms with Crippen LogP contribution >= 0.6 is 0 Å². The lowest BCUT2D eigenvalue weighted by Gasteiger charge is -2.10. The number of fused-ring (bicyclic) bond motifs is 1. The van der Waals surface area contributed by atoms with Crippen molar-refractivity contribution in [2.24, 2.45) is 0 Å². The maximum Gasteiger partial charge on any atom is 0.273 e. The molecular weight excluding hydrogens is 346 g/mol. The molecule has 140 valence electrons. The van der Waals surface area contributed by atoms with E-state index in [1.807, 2.05) is 25.3 Å². The Morgan fingerprint density at radius 1 is 1.26 bits per heavy atom. The number of nitrogens with one attached hydrogen (secondary N) is 2. The average molecular weight is 367 g/mol. The summed E-state index contributed by atoms with van der Waals surface area (Å²) in [4.78, 5) is 20.7. The Morgan fingerprint density at radius 3 is 3.00 bits per heavy atom. The van der Waals surface area contributed by atoms with Crippen LogP contribution in [0, 0.1) is 6.92 Å². The summed E-state index contributed by atoms with van der Waals surface area (Å²) in [6, 6.07) is 3.72. The lowest BCUT2D eigenvalue weighted by Crippen LogP contribution is -2.30. The molecule has 0 unspecified atom stereocenters. The smallest absolute Gasteiger partial charge is 0.273 e. The molecule has 4 rings (SSSR count). The van der Waals surface area contributed by atoms with Crippen LogP contribution in [-0.4, -0.2) is 43.9 Å². The normalized spacial score (nSPS) is 13.2. The highest BCUT2D eigenvalue weighted by molar-refractivity contribution is 5.93. The van der Waals surface area contributed by atoms with Crippen LogP contribution in [-0.2, 0) is 12.8 Å². The van der Waals surface area contributed by atoms with Crippen molar-refractivity contribution >= 4 is 11.7 Å². The lowest BCUT2D eigenvalue weighted by atomic mass is 9.96. The van der Waals surface area contributed by atoms with Gasteiger partial charge in [0.2, 0.25) is 0 Å².